The molecule has 124 valence electrons. The van der Waals surface area contributed by atoms with Crippen molar-refractivity contribution in [2.24, 2.45) is 0 Å². The van der Waals surface area contributed by atoms with Gasteiger partial charge in [-0.2, -0.15) is 0 Å². The molecule has 0 saturated heterocycles. The van der Waals surface area contributed by atoms with Crippen LogP contribution in [-0.4, -0.2) is 29.6 Å². The molecular weight excluding hydrogens is 302 g/mol. The van der Waals surface area contributed by atoms with Crippen LogP contribution in [-0.2, 0) is 24.3 Å². The fraction of sp³-hybridized carbons (Fsp3) is 0.250. The Kier molecular flexibility index (Phi) is 4.96. The number of fused-ring (bicyclic) bond motifs is 1. The van der Waals surface area contributed by atoms with Crippen LogP contribution in [0.4, 0.5) is 0 Å². The second-order valence-corrected chi connectivity index (χ2v) is 5.97. The monoisotopic (exact) mass is 323 g/mol. The van der Waals surface area contributed by atoms with Crippen molar-refractivity contribution in [2.75, 3.05) is 13.7 Å². The summed E-state index contributed by atoms with van der Waals surface area (Å²) in [5, 5.41) is 8.78. The maximum atomic E-state index is 10.7. The van der Waals surface area contributed by atoms with E-state index in [1.54, 1.807) is 13.2 Å². The van der Waals surface area contributed by atoms with Gasteiger partial charge in [0.1, 0.15) is 5.75 Å². The molecule has 0 saturated carbocycles. The van der Waals surface area contributed by atoms with Crippen LogP contribution < -0.4 is 4.74 Å². The second-order valence-electron chi connectivity index (χ2n) is 5.97. The molecule has 0 aromatic heterocycles. The standard InChI is InChI=1S/C20H21NO3/c1-24-19-8-6-15(7-9-20(22)23)12-18(19)14-21-11-10-16-4-2-3-5-17(16)13-21/h2-9,12H,10-11,13-14H2,1H3,(H,22,23)/b9-7+. The van der Waals surface area contributed by atoms with Crippen LogP contribution in [0.15, 0.2) is 48.5 Å². The molecule has 0 bridgehead atoms. The molecule has 4 nitrogen and oxygen atoms in total. The third-order valence-electron chi connectivity index (χ3n) is 4.33. The number of benzene rings is 2. The van der Waals surface area contributed by atoms with Gasteiger partial charge in [-0.05, 0) is 41.3 Å². The predicted molar refractivity (Wildman–Crippen MR) is 93.9 cm³/mol. The fourth-order valence-electron chi connectivity index (χ4n) is 3.12. The van der Waals surface area contributed by atoms with Gasteiger partial charge >= 0.3 is 5.97 Å². The van der Waals surface area contributed by atoms with E-state index in [0.717, 1.165) is 49.0 Å². The van der Waals surface area contributed by atoms with Crippen molar-refractivity contribution in [1.29, 1.82) is 0 Å². The van der Waals surface area contributed by atoms with Crippen molar-refractivity contribution >= 4 is 12.0 Å². The lowest BCUT2D eigenvalue weighted by molar-refractivity contribution is -0.131. The third kappa shape index (κ3) is 3.84. The van der Waals surface area contributed by atoms with Crippen LogP contribution in [0.1, 0.15) is 22.3 Å². The molecule has 2 aromatic carbocycles. The highest BCUT2D eigenvalue weighted by atomic mass is 16.5. The van der Waals surface area contributed by atoms with E-state index in [-0.39, 0.29) is 0 Å². The average molecular weight is 323 g/mol. The molecule has 0 radical (unpaired) electrons. The van der Waals surface area contributed by atoms with Crippen molar-refractivity contribution in [3.8, 4) is 5.75 Å². The molecule has 0 fully saturated rings. The molecule has 0 spiro atoms. The zero-order valence-corrected chi connectivity index (χ0v) is 13.7. The van der Waals surface area contributed by atoms with Crippen LogP contribution in [0, 0.1) is 0 Å². The van der Waals surface area contributed by atoms with Crippen LogP contribution in [0.25, 0.3) is 6.08 Å². The largest absolute Gasteiger partial charge is 0.496 e. The first-order chi connectivity index (χ1) is 11.7. The molecule has 2 aromatic rings. The van der Waals surface area contributed by atoms with Gasteiger partial charge in [-0.3, -0.25) is 4.90 Å². The number of carboxylic acid groups (broad SMARTS) is 1. The SMILES string of the molecule is COc1ccc(/C=C/C(=O)O)cc1CN1CCc2ccccc2C1. The van der Waals surface area contributed by atoms with Crippen molar-refractivity contribution < 1.29 is 14.6 Å². The lowest BCUT2D eigenvalue weighted by Crippen LogP contribution is -2.30. The molecule has 3 rings (SSSR count). The van der Waals surface area contributed by atoms with Crippen molar-refractivity contribution in [3.05, 3.63) is 70.8 Å². The Morgan fingerprint density at radius 1 is 1.25 bits per heavy atom. The smallest absolute Gasteiger partial charge is 0.328 e. The highest BCUT2D eigenvalue weighted by Crippen LogP contribution is 2.25. The number of nitrogens with zero attached hydrogens (tertiary/aromatic N) is 1. The zero-order valence-electron chi connectivity index (χ0n) is 13.7. The van der Waals surface area contributed by atoms with E-state index in [1.807, 2.05) is 18.2 Å². The summed E-state index contributed by atoms with van der Waals surface area (Å²) >= 11 is 0. The summed E-state index contributed by atoms with van der Waals surface area (Å²) in [7, 11) is 1.66. The molecule has 0 amide bonds. The summed E-state index contributed by atoms with van der Waals surface area (Å²) in [5.74, 6) is -0.110. The van der Waals surface area contributed by atoms with Gasteiger partial charge in [0.2, 0.25) is 0 Å². The minimum atomic E-state index is -0.944. The number of carbonyl (C=O) groups is 1. The molecule has 0 atom stereocenters. The number of methoxy groups -OCH3 is 1. The Hall–Kier alpha value is -2.59. The van der Waals surface area contributed by atoms with Crippen molar-refractivity contribution in [2.45, 2.75) is 19.5 Å². The predicted octanol–water partition coefficient (Wildman–Crippen LogP) is 3.35. The molecule has 0 unspecified atom stereocenters. The molecule has 4 heteroatoms. The quantitative estimate of drug-likeness (QED) is 0.857. The maximum absolute atomic E-state index is 10.7. The molecule has 1 aliphatic heterocycles. The Bertz CT molecular complexity index is 767. The minimum Gasteiger partial charge on any atom is -0.496 e. The Labute approximate surface area is 142 Å². The Balaban J connectivity index is 1.79. The summed E-state index contributed by atoms with van der Waals surface area (Å²) < 4.78 is 5.47. The first kappa shape index (κ1) is 16.3. The summed E-state index contributed by atoms with van der Waals surface area (Å²) in [5.41, 5.74) is 4.75. The van der Waals surface area contributed by atoms with Gasteiger partial charge in [-0.1, -0.05) is 30.3 Å². The number of hydrogen-bond acceptors (Lipinski definition) is 3. The van der Waals surface area contributed by atoms with Gasteiger partial charge < -0.3 is 9.84 Å². The summed E-state index contributed by atoms with van der Waals surface area (Å²) in [4.78, 5) is 13.1. The van der Waals surface area contributed by atoms with E-state index in [4.69, 9.17) is 9.84 Å². The van der Waals surface area contributed by atoms with Gasteiger partial charge in [0, 0.05) is 31.3 Å². The van der Waals surface area contributed by atoms with E-state index >= 15 is 0 Å². The van der Waals surface area contributed by atoms with E-state index in [2.05, 4.69) is 29.2 Å². The van der Waals surface area contributed by atoms with Crippen LogP contribution in [0.3, 0.4) is 0 Å². The van der Waals surface area contributed by atoms with E-state index in [1.165, 1.54) is 11.1 Å². The molecule has 0 aliphatic carbocycles. The van der Waals surface area contributed by atoms with Crippen LogP contribution >= 0.6 is 0 Å². The molecule has 24 heavy (non-hydrogen) atoms. The molecule has 1 aliphatic rings. The molecular formula is C20H21NO3. The number of hydrogen-bond donors (Lipinski definition) is 1. The van der Waals surface area contributed by atoms with Gasteiger partial charge in [0.25, 0.3) is 0 Å². The summed E-state index contributed by atoms with van der Waals surface area (Å²) in [6, 6.07) is 14.3. The number of ether oxygens (including phenoxy) is 1. The Morgan fingerprint density at radius 2 is 2.04 bits per heavy atom. The van der Waals surface area contributed by atoms with Gasteiger partial charge in [-0.15, -0.1) is 0 Å². The van der Waals surface area contributed by atoms with Gasteiger partial charge in [0.05, 0.1) is 7.11 Å². The number of carboxylic acids is 1. The summed E-state index contributed by atoms with van der Waals surface area (Å²) in [6.45, 7) is 2.72. The topological polar surface area (TPSA) is 49.8 Å². The lowest BCUT2D eigenvalue weighted by Gasteiger charge is -2.29. The minimum absolute atomic E-state index is 0.784. The van der Waals surface area contributed by atoms with E-state index < -0.39 is 5.97 Å². The van der Waals surface area contributed by atoms with E-state index in [9.17, 15) is 4.79 Å². The normalized spacial score (nSPS) is 14.5. The lowest BCUT2D eigenvalue weighted by atomic mass is 9.99. The maximum Gasteiger partial charge on any atom is 0.328 e. The van der Waals surface area contributed by atoms with Crippen molar-refractivity contribution in [3.63, 3.8) is 0 Å². The third-order valence-corrected chi connectivity index (χ3v) is 4.33. The highest BCUT2D eigenvalue weighted by Gasteiger charge is 2.17. The molecule has 1 N–H and O–H groups in total. The van der Waals surface area contributed by atoms with Gasteiger partial charge in [0.15, 0.2) is 0 Å². The fourth-order valence-corrected chi connectivity index (χ4v) is 3.12. The number of aliphatic carboxylic acids is 1. The van der Waals surface area contributed by atoms with Crippen molar-refractivity contribution in [1.82, 2.24) is 4.90 Å². The Morgan fingerprint density at radius 3 is 2.79 bits per heavy atom. The first-order valence-electron chi connectivity index (χ1n) is 8.03. The highest BCUT2D eigenvalue weighted by molar-refractivity contribution is 5.85. The average Bonchev–Trinajstić information content (AvgIpc) is 2.60. The van der Waals surface area contributed by atoms with Gasteiger partial charge in [-0.25, -0.2) is 4.79 Å². The number of rotatable bonds is 5. The second kappa shape index (κ2) is 7.32. The molecule has 1 heterocycles. The summed E-state index contributed by atoms with van der Waals surface area (Å²) in [6.07, 6.45) is 3.82. The van der Waals surface area contributed by atoms with Crippen LogP contribution in [0.5, 0.6) is 5.75 Å². The van der Waals surface area contributed by atoms with Crippen LogP contribution in [0.2, 0.25) is 0 Å². The first-order valence-corrected chi connectivity index (χ1v) is 8.03. The van der Waals surface area contributed by atoms with E-state index in [0.29, 0.717) is 0 Å². The zero-order chi connectivity index (χ0) is 16.9.